The third-order valence-corrected chi connectivity index (χ3v) is 4.94. The highest BCUT2D eigenvalue weighted by Gasteiger charge is 2.35. The Labute approximate surface area is 178 Å². The van der Waals surface area contributed by atoms with Crippen molar-refractivity contribution in [1.82, 2.24) is 5.32 Å². The van der Waals surface area contributed by atoms with Crippen LogP contribution in [0.15, 0.2) is 59.8 Å². The zero-order valence-electron chi connectivity index (χ0n) is 16.5. The first-order valence-corrected chi connectivity index (χ1v) is 9.35. The van der Waals surface area contributed by atoms with E-state index >= 15 is 0 Å². The van der Waals surface area contributed by atoms with E-state index in [9.17, 15) is 13.6 Å². The van der Waals surface area contributed by atoms with Gasteiger partial charge in [0.1, 0.15) is 0 Å². The summed E-state index contributed by atoms with van der Waals surface area (Å²) in [6.45, 7) is -1.28. The molecule has 1 aliphatic rings. The van der Waals surface area contributed by atoms with Gasteiger partial charge in [0.25, 0.3) is 0 Å². The van der Waals surface area contributed by atoms with Crippen LogP contribution in [0.25, 0.3) is 0 Å². The van der Waals surface area contributed by atoms with Crippen molar-refractivity contribution >= 4 is 29.0 Å². The van der Waals surface area contributed by atoms with Crippen molar-refractivity contribution in [2.45, 2.75) is 19.6 Å². The first kappa shape index (κ1) is 21.5. The highest BCUT2D eigenvalue weighted by molar-refractivity contribution is 7.80. The standard InChI is InChI=1S/C21H20F2N2O4S/c1-12-17(19(26)28-3)18(24-21(30)25(12)14-7-5-4-6-8-14)13-9-10-15(27-2)16(11-13)29-20(22)23/h4-11,18,20H,1-3H3,(H,24,30). The van der Waals surface area contributed by atoms with Gasteiger partial charge in [0, 0.05) is 11.4 Å². The molecule has 0 aromatic heterocycles. The Morgan fingerprint density at radius 1 is 1.13 bits per heavy atom. The van der Waals surface area contributed by atoms with Gasteiger partial charge < -0.3 is 19.5 Å². The number of carbonyl (C=O) groups is 1. The third-order valence-electron chi connectivity index (χ3n) is 4.64. The van der Waals surface area contributed by atoms with Crippen LogP contribution in [0.3, 0.4) is 0 Å². The van der Waals surface area contributed by atoms with E-state index in [4.69, 9.17) is 21.7 Å². The number of hydrogen-bond acceptors (Lipinski definition) is 5. The summed E-state index contributed by atoms with van der Waals surface area (Å²) in [5.74, 6) is -0.575. The highest BCUT2D eigenvalue weighted by Crippen LogP contribution is 2.38. The molecular formula is C21H20F2N2O4S. The van der Waals surface area contributed by atoms with Crippen molar-refractivity contribution < 1.29 is 27.8 Å². The number of para-hydroxylation sites is 1. The summed E-state index contributed by atoms with van der Waals surface area (Å²) in [4.78, 5) is 14.4. The summed E-state index contributed by atoms with van der Waals surface area (Å²) in [7, 11) is 2.63. The van der Waals surface area contributed by atoms with Gasteiger partial charge in [-0.3, -0.25) is 4.90 Å². The van der Waals surface area contributed by atoms with Gasteiger partial charge >= 0.3 is 12.6 Å². The smallest absolute Gasteiger partial charge is 0.387 e. The lowest BCUT2D eigenvalue weighted by Crippen LogP contribution is -2.48. The van der Waals surface area contributed by atoms with Crippen LogP contribution in [-0.2, 0) is 9.53 Å². The molecule has 3 rings (SSSR count). The molecule has 1 heterocycles. The Morgan fingerprint density at radius 2 is 1.83 bits per heavy atom. The van der Waals surface area contributed by atoms with Crippen molar-refractivity contribution in [1.29, 1.82) is 0 Å². The number of alkyl halides is 2. The number of ether oxygens (including phenoxy) is 3. The lowest BCUT2D eigenvalue weighted by molar-refractivity contribution is -0.136. The summed E-state index contributed by atoms with van der Waals surface area (Å²) in [5.41, 5.74) is 2.11. The van der Waals surface area contributed by atoms with Crippen molar-refractivity contribution in [2.75, 3.05) is 19.1 Å². The lowest BCUT2D eigenvalue weighted by Gasteiger charge is -2.37. The van der Waals surface area contributed by atoms with E-state index in [1.54, 1.807) is 17.9 Å². The molecule has 2 aromatic rings. The first-order valence-electron chi connectivity index (χ1n) is 8.94. The second kappa shape index (κ2) is 9.08. The normalized spacial score (nSPS) is 16.4. The molecule has 0 radical (unpaired) electrons. The molecule has 0 saturated heterocycles. The van der Waals surface area contributed by atoms with E-state index in [1.165, 1.54) is 26.4 Å². The molecule has 1 unspecified atom stereocenters. The third kappa shape index (κ3) is 4.20. The molecule has 1 N–H and O–H groups in total. The number of nitrogens with one attached hydrogen (secondary N) is 1. The monoisotopic (exact) mass is 434 g/mol. The molecule has 0 amide bonds. The van der Waals surface area contributed by atoms with Gasteiger partial charge in [-0.05, 0) is 49.0 Å². The number of rotatable bonds is 6. The van der Waals surface area contributed by atoms with Crippen molar-refractivity contribution in [3.05, 3.63) is 65.4 Å². The number of nitrogens with zero attached hydrogens (tertiary/aromatic N) is 1. The maximum atomic E-state index is 12.8. The largest absolute Gasteiger partial charge is 0.493 e. The number of benzene rings is 2. The molecule has 0 saturated carbocycles. The molecule has 9 heteroatoms. The molecular weight excluding hydrogens is 414 g/mol. The van der Waals surface area contributed by atoms with E-state index < -0.39 is 18.6 Å². The number of anilines is 1. The number of carbonyl (C=O) groups excluding carboxylic acids is 1. The fourth-order valence-corrected chi connectivity index (χ4v) is 3.68. The second-order valence-electron chi connectivity index (χ2n) is 6.33. The predicted molar refractivity (Wildman–Crippen MR) is 112 cm³/mol. The molecule has 0 aliphatic carbocycles. The topological polar surface area (TPSA) is 60.0 Å². The fraction of sp³-hybridized carbons (Fsp3) is 0.238. The first-order chi connectivity index (χ1) is 14.4. The fourth-order valence-electron chi connectivity index (χ4n) is 3.32. The summed E-state index contributed by atoms with van der Waals surface area (Å²) in [5, 5.41) is 3.46. The summed E-state index contributed by atoms with van der Waals surface area (Å²) < 4.78 is 40.3. The van der Waals surface area contributed by atoms with Crippen LogP contribution in [-0.4, -0.2) is 31.9 Å². The maximum Gasteiger partial charge on any atom is 0.387 e. The van der Waals surface area contributed by atoms with E-state index in [2.05, 4.69) is 10.1 Å². The number of esters is 1. The molecule has 6 nitrogen and oxygen atoms in total. The minimum atomic E-state index is -3.03. The van der Waals surface area contributed by atoms with E-state index in [0.29, 0.717) is 21.9 Å². The number of hydrogen-bond donors (Lipinski definition) is 1. The SMILES string of the molecule is COC(=O)C1=C(C)N(c2ccccc2)C(=S)NC1c1ccc(OC)c(OC(F)F)c1. The van der Waals surface area contributed by atoms with Crippen LogP contribution in [0.2, 0.25) is 0 Å². The van der Waals surface area contributed by atoms with Crippen LogP contribution in [0.5, 0.6) is 11.5 Å². The van der Waals surface area contributed by atoms with Crippen LogP contribution >= 0.6 is 12.2 Å². The lowest BCUT2D eigenvalue weighted by atomic mass is 9.94. The maximum absolute atomic E-state index is 12.8. The minimum absolute atomic E-state index is 0.142. The Balaban J connectivity index is 2.12. The van der Waals surface area contributed by atoms with Crippen LogP contribution in [0.4, 0.5) is 14.5 Å². The minimum Gasteiger partial charge on any atom is -0.493 e. The highest BCUT2D eigenvalue weighted by atomic mass is 32.1. The van der Waals surface area contributed by atoms with E-state index in [1.807, 2.05) is 30.3 Å². The number of thiocarbonyl (C=S) groups is 1. The Kier molecular flexibility index (Phi) is 6.51. The van der Waals surface area contributed by atoms with Gasteiger partial charge in [-0.25, -0.2) is 4.79 Å². The number of allylic oxidation sites excluding steroid dienone is 1. The van der Waals surface area contributed by atoms with Gasteiger partial charge in [-0.2, -0.15) is 8.78 Å². The average molecular weight is 434 g/mol. The summed E-state index contributed by atoms with van der Waals surface area (Å²) in [6.07, 6.45) is 0. The van der Waals surface area contributed by atoms with Gasteiger partial charge in [0.2, 0.25) is 0 Å². The van der Waals surface area contributed by atoms with E-state index in [0.717, 1.165) is 5.69 Å². The predicted octanol–water partition coefficient (Wildman–Crippen LogP) is 4.18. The van der Waals surface area contributed by atoms with Gasteiger partial charge in [-0.1, -0.05) is 24.3 Å². The van der Waals surface area contributed by atoms with Gasteiger partial charge in [0.15, 0.2) is 16.6 Å². The van der Waals surface area contributed by atoms with E-state index in [-0.39, 0.29) is 11.5 Å². The van der Waals surface area contributed by atoms with Gasteiger partial charge in [-0.15, -0.1) is 0 Å². The van der Waals surface area contributed by atoms with Crippen LogP contribution in [0, 0.1) is 0 Å². The summed E-state index contributed by atoms with van der Waals surface area (Å²) >= 11 is 5.54. The van der Waals surface area contributed by atoms with Crippen molar-refractivity contribution in [3.63, 3.8) is 0 Å². The Hall–Kier alpha value is -3.20. The van der Waals surface area contributed by atoms with Crippen LogP contribution in [0.1, 0.15) is 18.5 Å². The molecule has 1 atom stereocenters. The second-order valence-corrected chi connectivity index (χ2v) is 6.72. The van der Waals surface area contributed by atoms with Crippen molar-refractivity contribution in [3.8, 4) is 11.5 Å². The van der Waals surface area contributed by atoms with Gasteiger partial charge in [0.05, 0.1) is 25.8 Å². The Morgan fingerprint density at radius 3 is 2.43 bits per heavy atom. The molecule has 158 valence electrons. The summed E-state index contributed by atoms with van der Waals surface area (Å²) in [6, 6.07) is 13.1. The molecule has 1 aliphatic heterocycles. The Bertz CT molecular complexity index is 982. The zero-order chi connectivity index (χ0) is 21.8. The number of methoxy groups -OCH3 is 2. The zero-order valence-corrected chi connectivity index (χ0v) is 17.3. The molecule has 30 heavy (non-hydrogen) atoms. The molecule has 0 spiro atoms. The molecule has 2 aromatic carbocycles. The van der Waals surface area contributed by atoms with Crippen LogP contribution < -0.4 is 19.7 Å². The molecule has 0 fully saturated rings. The number of halogens is 2. The average Bonchev–Trinajstić information content (AvgIpc) is 2.73. The van der Waals surface area contributed by atoms with Crippen molar-refractivity contribution in [2.24, 2.45) is 0 Å². The molecule has 0 bridgehead atoms. The quantitative estimate of drug-likeness (QED) is 0.541.